The van der Waals surface area contributed by atoms with E-state index in [-0.39, 0.29) is 9.92 Å². The van der Waals surface area contributed by atoms with E-state index in [0.29, 0.717) is 11.1 Å². The lowest BCUT2D eigenvalue weighted by molar-refractivity contribution is 0.264. The molecule has 4 rings (SSSR count). The number of aromatic amines is 1. The van der Waals surface area contributed by atoms with Crippen molar-refractivity contribution in [3.8, 4) is 0 Å². The molecule has 2 aromatic carbocycles. The van der Waals surface area contributed by atoms with Gasteiger partial charge in [0.1, 0.15) is 5.03 Å². The first kappa shape index (κ1) is 19.3. The minimum Gasteiger partial charge on any atom is -0.382 e. The summed E-state index contributed by atoms with van der Waals surface area (Å²) < 4.78 is 26.4. The highest BCUT2D eigenvalue weighted by atomic mass is 35.5. The van der Waals surface area contributed by atoms with Crippen LogP contribution in [0.3, 0.4) is 0 Å². The Morgan fingerprint density at radius 3 is 2.61 bits per heavy atom. The smallest absolute Gasteiger partial charge is 0.221 e. The number of halogens is 1. The minimum atomic E-state index is -3.65. The van der Waals surface area contributed by atoms with Gasteiger partial charge in [0.2, 0.25) is 9.84 Å². The molecule has 0 bridgehead atoms. The molecule has 28 heavy (non-hydrogen) atoms. The van der Waals surface area contributed by atoms with Crippen molar-refractivity contribution < 1.29 is 8.42 Å². The molecule has 3 aromatic rings. The van der Waals surface area contributed by atoms with E-state index in [1.165, 1.54) is 0 Å². The van der Waals surface area contributed by atoms with E-state index in [9.17, 15) is 8.42 Å². The van der Waals surface area contributed by atoms with Gasteiger partial charge in [-0.25, -0.2) is 8.42 Å². The average molecular weight is 418 g/mol. The van der Waals surface area contributed by atoms with Crippen LogP contribution >= 0.6 is 11.6 Å². The molecule has 1 aromatic heterocycles. The second-order valence-corrected chi connectivity index (χ2v) is 9.92. The van der Waals surface area contributed by atoms with Crippen molar-refractivity contribution in [3.63, 3.8) is 0 Å². The zero-order valence-electron chi connectivity index (χ0n) is 16.0. The first-order valence-electron chi connectivity index (χ1n) is 9.42. The zero-order valence-corrected chi connectivity index (χ0v) is 17.6. The minimum absolute atomic E-state index is 0.180. The van der Waals surface area contributed by atoms with Gasteiger partial charge in [0.05, 0.1) is 4.90 Å². The van der Waals surface area contributed by atoms with Crippen molar-refractivity contribution in [2.24, 2.45) is 0 Å². The number of nitrogens with zero attached hydrogens (tertiary/aromatic N) is 1. The summed E-state index contributed by atoms with van der Waals surface area (Å²) in [6, 6.07) is 12.6. The maximum Gasteiger partial charge on any atom is 0.221 e. The molecule has 5 nitrogen and oxygen atoms in total. The summed E-state index contributed by atoms with van der Waals surface area (Å²) in [5, 5.41) is 5.09. The quantitative estimate of drug-likeness (QED) is 0.657. The summed E-state index contributed by atoms with van der Waals surface area (Å²) >= 11 is 6.02. The fourth-order valence-electron chi connectivity index (χ4n) is 3.65. The highest BCUT2D eigenvalue weighted by molar-refractivity contribution is 7.91. The van der Waals surface area contributed by atoms with Gasteiger partial charge in [0, 0.05) is 27.7 Å². The summed E-state index contributed by atoms with van der Waals surface area (Å²) in [7, 11) is -1.52. The van der Waals surface area contributed by atoms with Crippen LogP contribution in [0.15, 0.2) is 52.4 Å². The Balaban J connectivity index is 1.65. The number of H-pyrrole nitrogens is 1. The van der Waals surface area contributed by atoms with E-state index in [1.54, 1.807) is 36.4 Å². The summed E-state index contributed by atoms with van der Waals surface area (Å²) in [5.74, 6) is 0. The number of likely N-dealkylation sites (tertiary alicyclic amines) is 1. The number of hydrogen-bond donors (Lipinski definition) is 2. The number of hydrogen-bond acceptors (Lipinski definition) is 4. The Labute approximate surface area is 170 Å². The fraction of sp³-hybridized carbons (Fsp3) is 0.333. The molecular formula is C21H24ClN3O2S. The summed E-state index contributed by atoms with van der Waals surface area (Å²) in [6.07, 6.45) is 2.10. The summed E-state index contributed by atoms with van der Waals surface area (Å²) in [6.45, 7) is 4.09. The molecule has 1 aliphatic heterocycles. The van der Waals surface area contributed by atoms with E-state index < -0.39 is 9.84 Å². The number of rotatable bonds is 4. The van der Waals surface area contributed by atoms with Crippen LogP contribution in [0.4, 0.5) is 5.69 Å². The van der Waals surface area contributed by atoms with Crippen molar-refractivity contribution in [2.75, 3.05) is 25.5 Å². The molecule has 1 aliphatic rings. The highest BCUT2D eigenvalue weighted by Crippen LogP contribution is 2.29. The SMILES string of the molecule is Cc1ccc(S(=O)(=O)c2cc3cc(Cl)ccc3[nH]2)cc1NC1CCN(C)CC1. The first-order valence-corrected chi connectivity index (χ1v) is 11.3. The monoisotopic (exact) mass is 417 g/mol. The van der Waals surface area contributed by atoms with E-state index in [1.807, 2.05) is 13.0 Å². The lowest BCUT2D eigenvalue weighted by atomic mass is 10.0. The molecule has 2 heterocycles. The van der Waals surface area contributed by atoms with Gasteiger partial charge in [0.15, 0.2) is 0 Å². The molecule has 0 atom stereocenters. The largest absolute Gasteiger partial charge is 0.382 e. The molecule has 0 saturated carbocycles. The molecule has 0 spiro atoms. The predicted octanol–water partition coefficient (Wildman–Crippen LogP) is 4.47. The molecule has 1 fully saturated rings. The van der Waals surface area contributed by atoms with Crippen LogP contribution in [0.2, 0.25) is 5.02 Å². The predicted molar refractivity (Wildman–Crippen MR) is 114 cm³/mol. The Morgan fingerprint density at radius 2 is 1.86 bits per heavy atom. The molecule has 0 aliphatic carbocycles. The average Bonchev–Trinajstić information content (AvgIpc) is 3.09. The summed E-state index contributed by atoms with van der Waals surface area (Å²) in [5.41, 5.74) is 2.68. The van der Waals surface area contributed by atoms with Crippen LogP contribution in [0.25, 0.3) is 10.9 Å². The zero-order chi connectivity index (χ0) is 19.9. The van der Waals surface area contributed by atoms with Gasteiger partial charge in [-0.3, -0.25) is 0 Å². The third-order valence-electron chi connectivity index (χ3n) is 5.45. The number of anilines is 1. The van der Waals surface area contributed by atoms with Gasteiger partial charge >= 0.3 is 0 Å². The van der Waals surface area contributed by atoms with Crippen molar-refractivity contribution in [3.05, 3.63) is 53.1 Å². The normalized spacial score (nSPS) is 16.5. The van der Waals surface area contributed by atoms with Crippen LogP contribution in [-0.4, -0.2) is 44.5 Å². The lowest BCUT2D eigenvalue weighted by Gasteiger charge is -2.30. The molecule has 2 N–H and O–H groups in total. The van der Waals surface area contributed by atoms with E-state index >= 15 is 0 Å². The van der Waals surface area contributed by atoms with Gasteiger partial charge < -0.3 is 15.2 Å². The van der Waals surface area contributed by atoms with E-state index in [2.05, 4.69) is 22.2 Å². The Kier molecular flexibility index (Phi) is 5.12. The van der Waals surface area contributed by atoms with E-state index in [0.717, 1.165) is 48.1 Å². The number of aryl methyl sites for hydroxylation is 1. The van der Waals surface area contributed by atoms with Gasteiger partial charge in [-0.1, -0.05) is 17.7 Å². The first-order chi connectivity index (χ1) is 13.3. The number of benzene rings is 2. The second kappa shape index (κ2) is 7.43. The highest BCUT2D eigenvalue weighted by Gasteiger charge is 2.22. The van der Waals surface area contributed by atoms with Crippen molar-refractivity contribution in [1.82, 2.24) is 9.88 Å². The van der Waals surface area contributed by atoms with Gasteiger partial charge in [-0.05, 0) is 81.9 Å². The molecule has 0 amide bonds. The van der Waals surface area contributed by atoms with Crippen LogP contribution in [0.1, 0.15) is 18.4 Å². The van der Waals surface area contributed by atoms with Crippen LogP contribution in [-0.2, 0) is 9.84 Å². The van der Waals surface area contributed by atoms with Crippen molar-refractivity contribution in [2.45, 2.75) is 35.7 Å². The molecular weight excluding hydrogens is 394 g/mol. The Bertz CT molecular complexity index is 1120. The second-order valence-electron chi connectivity index (χ2n) is 7.57. The number of aromatic nitrogens is 1. The number of fused-ring (bicyclic) bond motifs is 1. The van der Waals surface area contributed by atoms with Gasteiger partial charge in [-0.15, -0.1) is 0 Å². The van der Waals surface area contributed by atoms with Crippen molar-refractivity contribution >= 4 is 38.0 Å². The third-order valence-corrected chi connectivity index (χ3v) is 7.35. The lowest BCUT2D eigenvalue weighted by Crippen LogP contribution is -2.36. The molecule has 1 saturated heterocycles. The fourth-order valence-corrected chi connectivity index (χ4v) is 5.13. The Hall–Kier alpha value is -2.02. The number of sulfone groups is 1. The molecule has 148 valence electrons. The van der Waals surface area contributed by atoms with Gasteiger partial charge in [-0.2, -0.15) is 0 Å². The Morgan fingerprint density at radius 1 is 1.11 bits per heavy atom. The van der Waals surface area contributed by atoms with Gasteiger partial charge in [0.25, 0.3) is 0 Å². The molecule has 0 unspecified atom stereocenters. The standard InChI is InChI=1S/C21H24ClN3O2S/c1-14-3-5-18(13-20(14)23-17-7-9-25(2)10-8-17)28(26,27)21-12-15-11-16(22)4-6-19(15)24-21/h3-6,11-13,17,23-24H,7-10H2,1-2H3. The maximum absolute atomic E-state index is 13.2. The van der Waals surface area contributed by atoms with Crippen LogP contribution in [0, 0.1) is 6.92 Å². The van der Waals surface area contributed by atoms with Crippen LogP contribution in [0.5, 0.6) is 0 Å². The van der Waals surface area contributed by atoms with Crippen LogP contribution < -0.4 is 5.32 Å². The summed E-state index contributed by atoms with van der Waals surface area (Å²) in [4.78, 5) is 5.61. The topological polar surface area (TPSA) is 65.2 Å². The molecule has 7 heteroatoms. The third kappa shape index (κ3) is 3.77. The number of piperidine rings is 1. The molecule has 0 radical (unpaired) electrons. The number of nitrogens with one attached hydrogen (secondary N) is 2. The van der Waals surface area contributed by atoms with E-state index in [4.69, 9.17) is 11.6 Å². The van der Waals surface area contributed by atoms with Crippen molar-refractivity contribution in [1.29, 1.82) is 0 Å². The maximum atomic E-state index is 13.2.